The van der Waals surface area contributed by atoms with E-state index in [1.54, 1.807) is 36.4 Å². The van der Waals surface area contributed by atoms with Crippen molar-refractivity contribution in [3.63, 3.8) is 0 Å². The van der Waals surface area contributed by atoms with Crippen molar-refractivity contribution in [3.8, 4) is 11.5 Å². The minimum atomic E-state index is -0.462. The van der Waals surface area contributed by atoms with Gasteiger partial charge in [0.1, 0.15) is 5.52 Å². The summed E-state index contributed by atoms with van der Waals surface area (Å²) in [7, 11) is 0. The van der Waals surface area contributed by atoms with Crippen LogP contribution in [0.25, 0.3) is 22.6 Å². The first-order valence-corrected chi connectivity index (χ1v) is 10.3. The maximum atomic E-state index is 12.9. The molecular weight excluding hydrogens is 398 g/mol. The van der Waals surface area contributed by atoms with Gasteiger partial charge in [0.25, 0.3) is 0 Å². The Hall–Kier alpha value is -3.58. The summed E-state index contributed by atoms with van der Waals surface area (Å²) in [5.74, 6) is 0.0648. The Kier molecular flexibility index (Phi) is 4.52. The topological polar surface area (TPSA) is 89.4 Å². The Morgan fingerprint density at radius 1 is 1.00 bits per heavy atom. The van der Waals surface area contributed by atoms with Gasteiger partial charge >= 0.3 is 0 Å². The highest BCUT2D eigenvalue weighted by molar-refractivity contribution is 8.00. The van der Waals surface area contributed by atoms with Crippen molar-refractivity contribution >= 4 is 46.1 Å². The van der Waals surface area contributed by atoms with Crippen LogP contribution < -0.4 is 10.6 Å². The van der Waals surface area contributed by atoms with E-state index in [4.69, 9.17) is 10.2 Å². The van der Waals surface area contributed by atoms with Crippen LogP contribution in [0.1, 0.15) is 6.42 Å². The lowest BCUT2D eigenvalue weighted by atomic mass is 10.2. The van der Waals surface area contributed by atoms with Crippen LogP contribution in [0.15, 0.2) is 82.1 Å². The molecule has 1 aliphatic heterocycles. The van der Waals surface area contributed by atoms with E-state index in [9.17, 15) is 9.59 Å². The van der Waals surface area contributed by atoms with Crippen molar-refractivity contribution < 1.29 is 14.0 Å². The molecule has 4 aromatic rings. The van der Waals surface area contributed by atoms with Crippen molar-refractivity contribution in [3.05, 3.63) is 72.8 Å². The molecule has 0 spiro atoms. The van der Waals surface area contributed by atoms with Gasteiger partial charge in [-0.2, -0.15) is 0 Å². The van der Waals surface area contributed by atoms with Gasteiger partial charge in [0, 0.05) is 22.6 Å². The van der Waals surface area contributed by atoms with Gasteiger partial charge < -0.3 is 10.2 Å². The van der Waals surface area contributed by atoms with Gasteiger partial charge in [-0.25, -0.2) is 9.88 Å². The van der Waals surface area contributed by atoms with Crippen LogP contribution in [0, 0.1) is 0 Å². The molecular formula is C23H17N3O3S. The molecule has 0 radical (unpaired) electrons. The molecule has 0 unspecified atom stereocenters. The Morgan fingerprint density at radius 3 is 2.57 bits per heavy atom. The van der Waals surface area contributed by atoms with Gasteiger partial charge in [0.05, 0.1) is 10.9 Å². The molecule has 6 nitrogen and oxygen atoms in total. The number of imide groups is 1. The lowest BCUT2D eigenvalue weighted by Gasteiger charge is -2.15. The van der Waals surface area contributed by atoms with Crippen LogP contribution in [0.4, 0.5) is 11.4 Å². The molecule has 1 saturated heterocycles. The van der Waals surface area contributed by atoms with E-state index in [1.807, 2.05) is 36.4 Å². The van der Waals surface area contributed by atoms with E-state index in [-0.39, 0.29) is 18.2 Å². The lowest BCUT2D eigenvalue weighted by Crippen LogP contribution is -2.31. The van der Waals surface area contributed by atoms with Gasteiger partial charge in [-0.15, -0.1) is 11.8 Å². The number of hydrogen-bond acceptors (Lipinski definition) is 6. The van der Waals surface area contributed by atoms with Gasteiger partial charge in [0.2, 0.25) is 17.7 Å². The summed E-state index contributed by atoms with van der Waals surface area (Å²) in [5.41, 5.74) is 9.25. The number of nitrogens with two attached hydrogens (primary N) is 1. The summed E-state index contributed by atoms with van der Waals surface area (Å²) < 4.78 is 5.78. The van der Waals surface area contributed by atoms with Gasteiger partial charge in [-0.3, -0.25) is 9.59 Å². The predicted molar refractivity (Wildman–Crippen MR) is 117 cm³/mol. The number of hydrogen-bond donors (Lipinski definition) is 1. The molecule has 7 heteroatoms. The molecule has 2 heterocycles. The summed E-state index contributed by atoms with van der Waals surface area (Å²) in [6.45, 7) is 0. The van der Waals surface area contributed by atoms with E-state index >= 15 is 0 Å². The Morgan fingerprint density at radius 2 is 1.80 bits per heavy atom. The number of para-hydroxylation sites is 2. The zero-order chi connectivity index (χ0) is 20.7. The quantitative estimate of drug-likeness (QED) is 0.390. The fourth-order valence-electron chi connectivity index (χ4n) is 3.47. The maximum Gasteiger partial charge on any atom is 0.247 e. The molecule has 148 valence electrons. The monoisotopic (exact) mass is 415 g/mol. The Balaban J connectivity index is 1.37. The van der Waals surface area contributed by atoms with Crippen molar-refractivity contribution in [2.45, 2.75) is 16.6 Å². The summed E-state index contributed by atoms with van der Waals surface area (Å²) in [4.78, 5) is 32.1. The molecule has 1 aromatic heterocycles. The van der Waals surface area contributed by atoms with Crippen molar-refractivity contribution in [1.82, 2.24) is 4.98 Å². The highest BCUT2D eigenvalue weighted by Crippen LogP contribution is 2.35. The average Bonchev–Trinajstić information content (AvgIpc) is 3.29. The highest BCUT2D eigenvalue weighted by atomic mass is 32.2. The van der Waals surface area contributed by atoms with Crippen molar-refractivity contribution in [2.75, 3.05) is 10.6 Å². The first-order valence-electron chi connectivity index (χ1n) is 9.43. The first kappa shape index (κ1) is 18.4. The number of carbonyl (C=O) groups is 2. The van der Waals surface area contributed by atoms with Gasteiger partial charge in [0.15, 0.2) is 5.58 Å². The van der Waals surface area contributed by atoms with Crippen LogP contribution in [-0.2, 0) is 9.59 Å². The Bertz CT molecular complexity index is 1230. The normalized spacial score (nSPS) is 16.5. The zero-order valence-electron chi connectivity index (χ0n) is 15.8. The average molecular weight is 415 g/mol. The van der Waals surface area contributed by atoms with E-state index < -0.39 is 5.25 Å². The third kappa shape index (κ3) is 3.33. The number of nitrogens with zero attached hydrogens (tertiary/aromatic N) is 2. The molecule has 1 fully saturated rings. The molecule has 5 rings (SSSR count). The lowest BCUT2D eigenvalue weighted by molar-refractivity contribution is -0.121. The number of aromatic nitrogens is 1. The minimum absolute atomic E-state index is 0.158. The smallest absolute Gasteiger partial charge is 0.247 e. The van der Waals surface area contributed by atoms with Crippen LogP contribution in [0.2, 0.25) is 0 Å². The van der Waals surface area contributed by atoms with E-state index in [0.29, 0.717) is 22.8 Å². The molecule has 0 aliphatic carbocycles. The molecule has 30 heavy (non-hydrogen) atoms. The summed E-state index contributed by atoms with van der Waals surface area (Å²) in [6.07, 6.45) is 0.158. The molecule has 0 saturated carbocycles. The number of benzene rings is 3. The number of carbonyl (C=O) groups excluding carboxylic acids is 2. The van der Waals surface area contributed by atoms with Gasteiger partial charge in [-0.05, 0) is 54.6 Å². The second kappa shape index (κ2) is 7.35. The van der Waals surface area contributed by atoms with Crippen LogP contribution >= 0.6 is 11.8 Å². The maximum absolute atomic E-state index is 12.9. The highest BCUT2D eigenvalue weighted by Gasteiger charge is 2.40. The summed E-state index contributed by atoms with van der Waals surface area (Å²) >= 11 is 1.36. The first-order chi connectivity index (χ1) is 14.6. The second-order valence-corrected chi connectivity index (χ2v) is 8.26. The third-order valence-corrected chi connectivity index (χ3v) is 6.09. The molecule has 0 bridgehead atoms. The van der Waals surface area contributed by atoms with Crippen molar-refractivity contribution in [1.29, 1.82) is 0 Å². The number of amides is 2. The van der Waals surface area contributed by atoms with Crippen LogP contribution in [-0.4, -0.2) is 22.0 Å². The van der Waals surface area contributed by atoms with Gasteiger partial charge in [-0.1, -0.05) is 18.2 Å². The van der Waals surface area contributed by atoms with Crippen molar-refractivity contribution in [2.24, 2.45) is 0 Å². The molecule has 1 aliphatic rings. The molecule has 3 aromatic carbocycles. The van der Waals surface area contributed by atoms with Crippen LogP contribution in [0.3, 0.4) is 0 Å². The molecule has 2 amide bonds. The molecule has 2 N–H and O–H groups in total. The van der Waals surface area contributed by atoms with Crippen LogP contribution in [0.5, 0.6) is 0 Å². The van der Waals surface area contributed by atoms with E-state index in [1.165, 1.54) is 16.7 Å². The fourth-order valence-corrected chi connectivity index (χ4v) is 4.59. The molecule has 1 atom stereocenters. The largest absolute Gasteiger partial charge is 0.436 e. The zero-order valence-corrected chi connectivity index (χ0v) is 16.6. The Labute approximate surface area is 176 Å². The number of rotatable bonds is 4. The van der Waals surface area contributed by atoms with E-state index in [2.05, 4.69) is 4.98 Å². The minimum Gasteiger partial charge on any atom is -0.436 e. The number of oxazole rings is 1. The predicted octanol–water partition coefficient (Wildman–Crippen LogP) is 4.50. The second-order valence-electron chi connectivity index (χ2n) is 6.98. The standard InChI is InChI=1S/C23H17N3O3S/c24-15-4-3-5-17(12-15)30-20-13-21(27)26(23(20)28)16-10-8-14(9-11-16)22-25-18-6-1-2-7-19(18)29-22/h1-12,20H,13,24H2/t20-/m1/s1. The number of nitrogen functional groups attached to an aromatic ring is 1. The number of fused-ring (bicyclic) bond motifs is 1. The summed E-state index contributed by atoms with van der Waals surface area (Å²) in [6, 6.07) is 22.0. The fraction of sp³-hybridized carbons (Fsp3) is 0.0870. The SMILES string of the molecule is Nc1cccc(S[C@@H]2CC(=O)N(c3ccc(-c4nc5ccccc5o4)cc3)C2=O)c1. The third-order valence-electron chi connectivity index (χ3n) is 4.91. The number of thioether (sulfide) groups is 1. The summed E-state index contributed by atoms with van der Waals surface area (Å²) in [5, 5.41) is -0.462. The number of anilines is 2. The van der Waals surface area contributed by atoms with E-state index in [0.717, 1.165) is 16.0 Å².